The Balaban J connectivity index is 1.73. The number of carbonyl (C=O) groups is 1. The van der Waals surface area contributed by atoms with Gasteiger partial charge in [0.15, 0.2) is 0 Å². The Morgan fingerprint density at radius 1 is 1.29 bits per heavy atom. The highest BCUT2D eigenvalue weighted by atomic mass is 16.5. The van der Waals surface area contributed by atoms with Crippen LogP contribution in [0.25, 0.3) is 0 Å². The summed E-state index contributed by atoms with van der Waals surface area (Å²) in [6, 6.07) is 5.55. The number of amides is 1. The number of nitrogen functional groups attached to an aromatic ring is 1. The quantitative estimate of drug-likeness (QED) is 0.642. The number of hydrogen-bond acceptors (Lipinski definition) is 3. The standard InChI is InChI=1S/C17H26N2O2/c1-13-15(18)9-6-10-16(13)19-17(20)11-12-21-14-7-4-2-3-5-8-14/h6,9-10,14H,2-5,7-8,11-12,18H2,1H3,(H,19,20). The zero-order valence-corrected chi connectivity index (χ0v) is 12.9. The van der Waals surface area contributed by atoms with Crippen LogP contribution in [0.1, 0.15) is 50.5 Å². The van der Waals surface area contributed by atoms with Crippen LogP contribution in [0, 0.1) is 6.92 Å². The average Bonchev–Trinajstić information content (AvgIpc) is 2.73. The van der Waals surface area contributed by atoms with E-state index in [0.717, 1.165) is 24.1 Å². The van der Waals surface area contributed by atoms with Gasteiger partial charge in [-0.15, -0.1) is 0 Å². The molecule has 0 bridgehead atoms. The molecule has 0 heterocycles. The summed E-state index contributed by atoms with van der Waals surface area (Å²) in [6.45, 7) is 2.41. The van der Waals surface area contributed by atoms with Crippen molar-refractivity contribution in [3.05, 3.63) is 23.8 Å². The number of carbonyl (C=O) groups excluding carboxylic acids is 1. The molecule has 0 unspecified atom stereocenters. The van der Waals surface area contributed by atoms with Crippen molar-refractivity contribution in [2.45, 2.75) is 58.0 Å². The molecule has 0 aliphatic heterocycles. The molecule has 1 aliphatic rings. The number of rotatable bonds is 5. The Morgan fingerprint density at radius 2 is 2.00 bits per heavy atom. The number of nitrogens with two attached hydrogens (primary N) is 1. The second-order valence-electron chi connectivity index (χ2n) is 5.80. The molecule has 1 amide bonds. The second kappa shape index (κ2) is 8.03. The lowest BCUT2D eigenvalue weighted by Crippen LogP contribution is -2.18. The van der Waals surface area contributed by atoms with Crippen molar-refractivity contribution in [3.8, 4) is 0 Å². The van der Waals surface area contributed by atoms with E-state index >= 15 is 0 Å². The van der Waals surface area contributed by atoms with Crippen LogP contribution in [0.4, 0.5) is 11.4 Å². The number of nitrogens with one attached hydrogen (secondary N) is 1. The summed E-state index contributed by atoms with van der Waals surface area (Å²) in [7, 11) is 0. The van der Waals surface area contributed by atoms with Gasteiger partial charge in [0.25, 0.3) is 0 Å². The SMILES string of the molecule is Cc1c(N)cccc1NC(=O)CCOC1CCCCCC1. The number of anilines is 2. The Labute approximate surface area is 127 Å². The summed E-state index contributed by atoms with van der Waals surface area (Å²) >= 11 is 0. The van der Waals surface area contributed by atoms with Crippen molar-refractivity contribution < 1.29 is 9.53 Å². The molecule has 3 N–H and O–H groups in total. The molecule has 2 rings (SSSR count). The normalized spacial score (nSPS) is 16.4. The fourth-order valence-corrected chi connectivity index (χ4v) is 2.73. The first-order valence-electron chi connectivity index (χ1n) is 7.93. The second-order valence-corrected chi connectivity index (χ2v) is 5.80. The summed E-state index contributed by atoms with van der Waals surface area (Å²) in [4.78, 5) is 12.0. The van der Waals surface area contributed by atoms with Gasteiger partial charge in [-0.1, -0.05) is 31.7 Å². The minimum absolute atomic E-state index is 0.0164. The first-order chi connectivity index (χ1) is 10.2. The van der Waals surface area contributed by atoms with Crippen LogP contribution in [0.15, 0.2) is 18.2 Å². The molecule has 116 valence electrons. The zero-order chi connectivity index (χ0) is 15.1. The molecule has 0 saturated heterocycles. The largest absolute Gasteiger partial charge is 0.398 e. The highest BCUT2D eigenvalue weighted by Crippen LogP contribution is 2.21. The molecule has 21 heavy (non-hydrogen) atoms. The van der Waals surface area contributed by atoms with Crippen molar-refractivity contribution in [1.82, 2.24) is 0 Å². The molecule has 4 heteroatoms. The zero-order valence-electron chi connectivity index (χ0n) is 12.9. The summed E-state index contributed by atoms with van der Waals surface area (Å²) in [5, 5.41) is 2.90. The molecule has 1 aromatic carbocycles. The van der Waals surface area contributed by atoms with Gasteiger partial charge in [0.2, 0.25) is 5.91 Å². The van der Waals surface area contributed by atoms with Crippen LogP contribution in [0.5, 0.6) is 0 Å². The fraction of sp³-hybridized carbons (Fsp3) is 0.588. The van der Waals surface area contributed by atoms with Crippen LogP contribution >= 0.6 is 0 Å². The minimum Gasteiger partial charge on any atom is -0.398 e. The lowest BCUT2D eigenvalue weighted by atomic mass is 10.1. The molecule has 0 spiro atoms. The van der Waals surface area contributed by atoms with E-state index < -0.39 is 0 Å². The first-order valence-corrected chi connectivity index (χ1v) is 7.93. The Kier molecular flexibility index (Phi) is 6.05. The van der Waals surface area contributed by atoms with Gasteiger partial charge in [-0.25, -0.2) is 0 Å². The molecule has 1 fully saturated rings. The van der Waals surface area contributed by atoms with E-state index in [1.54, 1.807) is 0 Å². The first kappa shape index (κ1) is 15.8. The predicted octanol–water partition coefficient (Wildman–Crippen LogP) is 3.65. The van der Waals surface area contributed by atoms with Gasteiger partial charge < -0.3 is 15.8 Å². The lowest BCUT2D eigenvalue weighted by molar-refractivity contribution is -0.117. The van der Waals surface area contributed by atoms with Crippen molar-refractivity contribution in [2.75, 3.05) is 17.7 Å². The molecular weight excluding hydrogens is 264 g/mol. The van der Waals surface area contributed by atoms with E-state index in [-0.39, 0.29) is 5.91 Å². The van der Waals surface area contributed by atoms with Gasteiger partial charge >= 0.3 is 0 Å². The third-order valence-corrected chi connectivity index (χ3v) is 4.13. The van der Waals surface area contributed by atoms with Crippen LogP contribution < -0.4 is 11.1 Å². The average molecular weight is 290 g/mol. The van der Waals surface area contributed by atoms with Crippen molar-refractivity contribution >= 4 is 17.3 Å². The minimum atomic E-state index is -0.0164. The predicted molar refractivity (Wildman–Crippen MR) is 86.3 cm³/mol. The maximum absolute atomic E-state index is 12.0. The molecule has 1 saturated carbocycles. The topological polar surface area (TPSA) is 64.3 Å². The fourth-order valence-electron chi connectivity index (χ4n) is 2.73. The molecule has 0 aromatic heterocycles. The summed E-state index contributed by atoms with van der Waals surface area (Å²) in [5.41, 5.74) is 8.23. The summed E-state index contributed by atoms with van der Waals surface area (Å²) < 4.78 is 5.84. The van der Waals surface area contributed by atoms with E-state index in [4.69, 9.17) is 10.5 Å². The van der Waals surface area contributed by atoms with Crippen LogP contribution in [0.2, 0.25) is 0 Å². The van der Waals surface area contributed by atoms with E-state index in [1.807, 2.05) is 25.1 Å². The molecule has 1 aromatic rings. The molecule has 1 aliphatic carbocycles. The number of benzene rings is 1. The number of ether oxygens (including phenoxy) is 1. The Hall–Kier alpha value is -1.55. The van der Waals surface area contributed by atoms with Crippen LogP contribution in [0.3, 0.4) is 0 Å². The Morgan fingerprint density at radius 3 is 2.71 bits per heavy atom. The monoisotopic (exact) mass is 290 g/mol. The van der Waals surface area contributed by atoms with Crippen molar-refractivity contribution in [1.29, 1.82) is 0 Å². The van der Waals surface area contributed by atoms with Gasteiger partial charge in [-0.3, -0.25) is 4.79 Å². The molecular formula is C17H26N2O2. The van der Waals surface area contributed by atoms with Crippen LogP contribution in [-0.2, 0) is 9.53 Å². The summed E-state index contributed by atoms with van der Waals surface area (Å²) in [5.74, 6) is -0.0164. The van der Waals surface area contributed by atoms with Crippen molar-refractivity contribution in [3.63, 3.8) is 0 Å². The van der Waals surface area contributed by atoms with Crippen molar-refractivity contribution in [2.24, 2.45) is 0 Å². The maximum Gasteiger partial charge on any atom is 0.226 e. The molecule has 4 nitrogen and oxygen atoms in total. The van der Waals surface area contributed by atoms with E-state index in [9.17, 15) is 4.79 Å². The number of hydrogen-bond donors (Lipinski definition) is 2. The smallest absolute Gasteiger partial charge is 0.226 e. The summed E-state index contributed by atoms with van der Waals surface area (Å²) in [6.07, 6.45) is 8.13. The van der Waals surface area contributed by atoms with E-state index in [2.05, 4.69) is 5.32 Å². The van der Waals surface area contributed by atoms with Gasteiger partial charge in [-0.05, 0) is 37.5 Å². The van der Waals surface area contributed by atoms with Gasteiger partial charge in [-0.2, -0.15) is 0 Å². The van der Waals surface area contributed by atoms with Gasteiger partial charge in [0.1, 0.15) is 0 Å². The highest BCUT2D eigenvalue weighted by molar-refractivity contribution is 5.92. The third kappa shape index (κ3) is 5.05. The molecule has 0 atom stereocenters. The highest BCUT2D eigenvalue weighted by Gasteiger charge is 2.13. The molecule has 0 radical (unpaired) electrons. The third-order valence-electron chi connectivity index (χ3n) is 4.13. The van der Waals surface area contributed by atoms with Gasteiger partial charge in [0.05, 0.1) is 19.1 Å². The maximum atomic E-state index is 12.0. The van der Waals surface area contributed by atoms with Crippen LogP contribution in [-0.4, -0.2) is 18.6 Å². The Bertz CT molecular complexity index is 466. The lowest BCUT2D eigenvalue weighted by Gasteiger charge is -2.15. The van der Waals surface area contributed by atoms with Gasteiger partial charge in [0, 0.05) is 11.4 Å². The van der Waals surface area contributed by atoms with E-state index in [0.29, 0.717) is 24.8 Å². The van der Waals surface area contributed by atoms with E-state index in [1.165, 1.54) is 25.7 Å².